The van der Waals surface area contributed by atoms with E-state index < -0.39 is 36.2 Å². The molecule has 0 bridgehead atoms. The second-order valence-electron chi connectivity index (χ2n) is 7.62. The highest BCUT2D eigenvalue weighted by Crippen LogP contribution is 2.20. The first-order chi connectivity index (χ1) is 16.5. The SMILES string of the molecule is O=C(COC(=O)C(Cc1c[nH]c2ccccc12)NC(=O)c1ccc(F)cc1)Nc1ccccc1. The van der Waals surface area contributed by atoms with Crippen molar-refractivity contribution in [2.24, 2.45) is 0 Å². The zero-order valence-electron chi connectivity index (χ0n) is 18.1. The number of amides is 2. The molecule has 1 aromatic heterocycles. The number of anilines is 1. The summed E-state index contributed by atoms with van der Waals surface area (Å²) in [5, 5.41) is 6.18. The first-order valence-corrected chi connectivity index (χ1v) is 10.6. The molecule has 3 N–H and O–H groups in total. The molecule has 1 unspecified atom stereocenters. The zero-order valence-corrected chi connectivity index (χ0v) is 18.1. The number of hydrogen-bond donors (Lipinski definition) is 3. The number of rotatable bonds is 8. The van der Waals surface area contributed by atoms with Crippen LogP contribution in [0.25, 0.3) is 10.9 Å². The molecule has 0 saturated heterocycles. The van der Waals surface area contributed by atoms with Crippen LogP contribution < -0.4 is 10.6 Å². The highest BCUT2D eigenvalue weighted by Gasteiger charge is 2.25. The van der Waals surface area contributed by atoms with Crippen LogP contribution >= 0.6 is 0 Å². The number of carbonyl (C=O) groups excluding carboxylic acids is 3. The number of carbonyl (C=O) groups is 3. The van der Waals surface area contributed by atoms with Crippen molar-refractivity contribution in [3.05, 3.63) is 102 Å². The molecule has 0 aliphatic heterocycles. The monoisotopic (exact) mass is 459 g/mol. The van der Waals surface area contributed by atoms with Crippen molar-refractivity contribution >= 4 is 34.4 Å². The van der Waals surface area contributed by atoms with Crippen molar-refractivity contribution in [2.45, 2.75) is 12.5 Å². The number of esters is 1. The molecule has 2 amide bonds. The molecule has 3 aromatic carbocycles. The Morgan fingerprint density at radius 2 is 1.62 bits per heavy atom. The van der Waals surface area contributed by atoms with E-state index in [1.807, 2.05) is 30.3 Å². The van der Waals surface area contributed by atoms with Gasteiger partial charge in [-0.05, 0) is 48.0 Å². The van der Waals surface area contributed by atoms with Gasteiger partial charge in [-0.2, -0.15) is 0 Å². The van der Waals surface area contributed by atoms with Gasteiger partial charge in [0.1, 0.15) is 11.9 Å². The van der Waals surface area contributed by atoms with Crippen molar-refractivity contribution in [3.63, 3.8) is 0 Å². The first-order valence-electron chi connectivity index (χ1n) is 10.6. The molecule has 1 heterocycles. The van der Waals surface area contributed by atoms with Crippen LogP contribution in [-0.4, -0.2) is 35.4 Å². The Labute approximate surface area is 194 Å². The Balaban J connectivity index is 1.47. The van der Waals surface area contributed by atoms with Crippen molar-refractivity contribution in [1.29, 1.82) is 0 Å². The molecule has 0 aliphatic carbocycles. The third kappa shape index (κ3) is 5.66. The topological polar surface area (TPSA) is 100 Å². The third-order valence-electron chi connectivity index (χ3n) is 5.20. The predicted molar refractivity (Wildman–Crippen MR) is 126 cm³/mol. The molecular formula is C26H22FN3O4. The molecule has 0 aliphatic rings. The van der Waals surface area contributed by atoms with E-state index in [1.54, 1.807) is 30.5 Å². The molecular weight excluding hydrogens is 437 g/mol. The maximum absolute atomic E-state index is 13.2. The lowest BCUT2D eigenvalue weighted by molar-refractivity contribution is -0.149. The van der Waals surface area contributed by atoms with Crippen LogP contribution in [0.2, 0.25) is 0 Å². The zero-order chi connectivity index (χ0) is 23.9. The van der Waals surface area contributed by atoms with Crippen molar-refractivity contribution in [1.82, 2.24) is 10.3 Å². The van der Waals surface area contributed by atoms with Gasteiger partial charge in [0.15, 0.2) is 6.61 Å². The number of fused-ring (bicyclic) bond motifs is 1. The Bertz CT molecular complexity index is 1300. The highest BCUT2D eigenvalue weighted by molar-refractivity contribution is 5.98. The van der Waals surface area contributed by atoms with Crippen LogP contribution in [0.3, 0.4) is 0 Å². The minimum Gasteiger partial charge on any atom is -0.454 e. The number of aromatic amines is 1. The fourth-order valence-electron chi connectivity index (χ4n) is 3.51. The smallest absolute Gasteiger partial charge is 0.329 e. The lowest BCUT2D eigenvalue weighted by Crippen LogP contribution is -2.44. The summed E-state index contributed by atoms with van der Waals surface area (Å²) in [6.07, 6.45) is 1.90. The summed E-state index contributed by atoms with van der Waals surface area (Å²) in [5.41, 5.74) is 2.45. The molecule has 172 valence electrons. The summed E-state index contributed by atoms with van der Waals surface area (Å²) in [7, 11) is 0. The van der Waals surface area contributed by atoms with Crippen LogP contribution in [0, 0.1) is 5.82 Å². The molecule has 4 aromatic rings. The number of nitrogens with one attached hydrogen (secondary N) is 3. The Hall–Kier alpha value is -4.46. The van der Waals surface area contributed by atoms with Gasteiger partial charge in [-0.15, -0.1) is 0 Å². The molecule has 4 rings (SSSR count). The van der Waals surface area contributed by atoms with Crippen LogP contribution in [0.4, 0.5) is 10.1 Å². The summed E-state index contributed by atoms with van der Waals surface area (Å²) in [4.78, 5) is 40.9. The summed E-state index contributed by atoms with van der Waals surface area (Å²) in [6.45, 7) is -0.509. The minimum absolute atomic E-state index is 0.135. The lowest BCUT2D eigenvalue weighted by atomic mass is 10.0. The van der Waals surface area contributed by atoms with Gasteiger partial charge < -0.3 is 20.4 Å². The number of benzene rings is 3. The van der Waals surface area contributed by atoms with Gasteiger partial charge >= 0.3 is 5.97 Å². The fourth-order valence-corrected chi connectivity index (χ4v) is 3.51. The molecule has 0 fully saturated rings. The van der Waals surface area contributed by atoms with Gasteiger partial charge in [-0.25, -0.2) is 9.18 Å². The second kappa shape index (κ2) is 10.4. The van der Waals surface area contributed by atoms with Gasteiger partial charge in [0, 0.05) is 34.8 Å². The number of ether oxygens (including phenoxy) is 1. The maximum atomic E-state index is 13.2. The van der Waals surface area contributed by atoms with E-state index in [4.69, 9.17) is 4.74 Å². The lowest BCUT2D eigenvalue weighted by Gasteiger charge is -2.18. The predicted octanol–water partition coefficient (Wildman–Crippen LogP) is 3.83. The standard InChI is InChI=1S/C26H22FN3O4/c27-19-12-10-17(11-13-19)25(32)30-23(14-18-15-28-22-9-5-4-8-21(18)22)26(33)34-16-24(31)29-20-6-2-1-3-7-20/h1-13,15,23,28H,14,16H2,(H,29,31)(H,30,32). The molecule has 8 heteroatoms. The molecule has 34 heavy (non-hydrogen) atoms. The maximum Gasteiger partial charge on any atom is 0.329 e. The molecule has 1 atom stereocenters. The van der Waals surface area contributed by atoms with Gasteiger partial charge in [-0.3, -0.25) is 9.59 Å². The quantitative estimate of drug-likeness (QED) is 0.349. The second-order valence-corrected chi connectivity index (χ2v) is 7.62. The molecule has 0 spiro atoms. The number of H-pyrrole nitrogens is 1. The fraction of sp³-hybridized carbons (Fsp3) is 0.115. The molecule has 0 radical (unpaired) electrons. The molecule has 7 nitrogen and oxygen atoms in total. The van der Waals surface area contributed by atoms with Gasteiger partial charge in [0.05, 0.1) is 0 Å². The summed E-state index contributed by atoms with van der Waals surface area (Å²) in [6, 6.07) is 20.2. The van der Waals surface area contributed by atoms with E-state index in [2.05, 4.69) is 15.6 Å². The summed E-state index contributed by atoms with van der Waals surface area (Å²) < 4.78 is 18.4. The van der Waals surface area contributed by atoms with E-state index in [1.165, 1.54) is 12.1 Å². The molecule has 0 saturated carbocycles. The van der Waals surface area contributed by atoms with Crippen LogP contribution in [0.1, 0.15) is 15.9 Å². The van der Waals surface area contributed by atoms with Crippen LogP contribution in [-0.2, 0) is 20.7 Å². The van der Waals surface area contributed by atoms with Crippen LogP contribution in [0.5, 0.6) is 0 Å². The normalized spacial score (nSPS) is 11.6. The van der Waals surface area contributed by atoms with E-state index in [9.17, 15) is 18.8 Å². The average molecular weight is 459 g/mol. The van der Waals surface area contributed by atoms with E-state index in [-0.39, 0.29) is 12.0 Å². The van der Waals surface area contributed by atoms with E-state index >= 15 is 0 Å². The first kappa shape index (κ1) is 22.7. The largest absolute Gasteiger partial charge is 0.454 e. The van der Waals surface area contributed by atoms with Gasteiger partial charge in [0.25, 0.3) is 11.8 Å². The summed E-state index contributed by atoms with van der Waals surface area (Å²) in [5.74, 6) is -2.30. The van der Waals surface area contributed by atoms with E-state index in [0.29, 0.717) is 5.69 Å². The average Bonchev–Trinajstić information content (AvgIpc) is 3.26. The Morgan fingerprint density at radius 1 is 0.912 bits per heavy atom. The van der Waals surface area contributed by atoms with Crippen LogP contribution in [0.15, 0.2) is 85.1 Å². The van der Waals surface area contributed by atoms with Crippen molar-refractivity contribution in [3.8, 4) is 0 Å². The Morgan fingerprint density at radius 3 is 2.38 bits per heavy atom. The van der Waals surface area contributed by atoms with Gasteiger partial charge in [0.2, 0.25) is 0 Å². The third-order valence-corrected chi connectivity index (χ3v) is 5.20. The number of halogens is 1. The van der Waals surface area contributed by atoms with Crippen molar-refractivity contribution < 1.29 is 23.5 Å². The number of hydrogen-bond acceptors (Lipinski definition) is 4. The highest BCUT2D eigenvalue weighted by atomic mass is 19.1. The number of aromatic nitrogens is 1. The van der Waals surface area contributed by atoms with Crippen molar-refractivity contribution in [2.75, 3.05) is 11.9 Å². The minimum atomic E-state index is -1.07. The Kier molecular flexibility index (Phi) is 6.98. The van der Waals surface area contributed by atoms with Gasteiger partial charge in [-0.1, -0.05) is 36.4 Å². The van der Waals surface area contributed by atoms with E-state index in [0.717, 1.165) is 28.6 Å². The summed E-state index contributed by atoms with van der Waals surface area (Å²) >= 11 is 0. The number of para-hydroxylation sites is 2.